The quantitative estimate of drug-likeness (QED) is 0.655. The summed E-state index contributed by atoms with van der Waals surface area (Å²) in [5, 5.41) is 4.03. The molecule has 0 bridgehead atoms. The zero-order valence-electron chi connectivity index (χ0n) is 15.5. The van der Waals surface area contributed by atoms with Gasteiger partial charge >= 0.3 is 6.09 Å². The summed E-state index contributed by atoms with van der Waals surface area (Å²) >= 11 is 1.40. The minimum Gasteiger partial charge on any atom is -0.494 e. The van der Waals surface area contributed by atoms with Crippen LogP contribution in [0.3, 0.4) is 0 Å². The zero-order valence-corrected chi connectivity index (χ0v) is 16.3. The number of anilines is 3. The van der Waals surface area contributed by atoms with Crippen molar-refractivity contribution in [3.05, 3.63) is 29.5 Å². The number of halogens is 1. The van der Waals surface area contributed by atoms with Crippen LogP contribution in [0.4, 0.5) is 26.6 Å². The molecule has 1 aliphatic rings. The molecule has 4 rings (SSSR count). The number of benzene rings is 1. The maximum absolute atomic E-state index is 13.7. The molecule has 0 spiro atoms. The Hall–Kier alpha value is -3.25. The molecule has 1 amide bonds. The van der Waals surface area contributed by atoms with E-state index in [2.05, 4.69) is 20.3 Å². The normalized spacial score (nSPS) is 14.8. The first-order valence-corrected chi connectivity index (χ1v) is 9.60. The van der Waals surface area contributed by atoms with Gasteiger partial charge in [-0.2, -0.15) is 4.98 Å². The molecular weight excluding hydrogens is 401 g/mol. The van der Waals surface area contributed by atoms with E-state index in [1.165, 1.54) is 35.6 Å². The number of carbonyl (C=O) groups excluding carboxylic acids is 1. The molecule has 0 radical (unpaired) electrons. The Morgan fingerprint density at radius 3 is 2.79 bits per heavy atom. The number of hydroxylamine groups is 2. The minimum atomic E-state index is -0.698. The topological polar surface area (TPSA) is 119 Å². The van der Waals surface area contributed by atoms with Gasteiger partial charge in [-0.05, 0) is 12.1 Å². The number of nitrogens with two attached hydrogens (primary N) is 1. The van der Waals surface area contributed by atoms with E-state index >= 15 is 0 Å². The van der Waals surface area contributed by atoms with Crippen molar-refractivity contribution in [2.45, 2.75) is 0 Å². The summed E-state index contributed by atoms with van der Waals surface area (Å²) in [6, 6.07) is 4.12. The highest BCUT2D eigenvalue weighted by Gasteiger charge is 2.24. The molecule has 0 aliphatic carbocycles. The fourth-order valence-corrected chi connectivity index (χ4v) is 3.64. The number of ether oxygens (including phenoxy) is 1. The third-order valence-corrected chi connectivity index (χ3v) is 5.06. The van der Waals surface area contributed by atoms with E-state index in [1.54, 1.807) is 5.51 Å². The highest BCUT2D eigenvalue weighted by molar-refractivity contribution is 7.16. The number of hydrogen-bond donors (Lipinski definition) is 2. The number of rotatable bonds is 4. The van der Waals surface area contributed by atoms with E-state index < -0.39 is 11.9 Å². The number of amides is 1. The first-order chi connectivity index (χ1) is 14.0. The molecule has 1 fully saturated rings. The van der Waals surface area contributed by atoms with Crippen molar-refractivity contribution in [2.75, 3.05) is 49.2 Å². The van der Waals surface area contributed by atoms with E-state index in [4.69, 9.17) is 15.3 Å². The second kappa shape index (κ2) is 8.01. The lowest BCUT2D eigenvalue weighted by Gasteiger charge is -2.33. The fraction of sp³-hybridized carbons (Fsp3) is 0.294. The molecule has 0 saturated carbocycles. The smallest absolute Gasteiger partial charge is 0.430 e. The number of methoxy groups -OCH3 is 1. The predicted octanol–water partition coefficient (Wildman–Crippen LogP) is 2.10. The van der Waals surface area contributed by atoms with Crippen LogP contribution >= 0.6 is 11.3 Å². The molecule has 29 heavy (non-hydrogen) atoms. The van der Waals surface area contributed by atoms with Gasteiger partial charge in [0.2, 0.25) is 5.95 Å². The van der Waals surface area contributed by atoms with E-state index in [1.807, 2.05) is 4.90 Å². The van der Waals surface area contributed by atoms with Crippen LogP contribution in [0.1, 0.15) is 0 Å². The van der Waals surface area contributed by atoms with Crippen LogP contribution in [0.2, 0.25) is 0 Å². The van der Waals surface area contributed by atoms with Crippen molar-refractivity contribution < 1.29 is 18.8 Å². The zero-order chi connectivity index (χ0) is 20.4. The van der Waals surface area contributed by atoms with Crippen LogP contribution in [0.15, 0.2) is 23.7 Å². The summed E-state index contributed by atoms with van der Waals surface area (Å²) in [5.41, 5.74) is 8.47. The number of hydrogen-bond acceptors (Lipinski definition) is 10. The summed E-state index contributed by atoms with van der Waals surface area (Å²) < 4.78 is 18.6. The summed E-state index contributed by atoms with van der Waals surface area (Å²) in [6.45, 7) is 2.04. The molecule has 0 atom stereocenters. The number of nitrogens with one attached hydrogen (secondary N) is 1. The van der Waals surface area contributed by atoms with Gasteiger partial charge in [-0.15, -0.1) is 16.4 Å². The second-order valence-electron chi connectivity index (χ2n) is 6.18. The summed E-state index contributed by atoms with van der Waals surface area (Å²) in [4.78, 5) is 33.0. The van der Waals surface area contributed by atoms with Gasteiger partial charge in [0.1, 0.15) is 5.52 Å². The van der Waals surface area contributed by atoms with E-state index in [-0.39, 0.29) is 17.4 Å². The Balaban J connectivity index is 1.34. The first kappa shape index (κ1) is 19.1. The molecule has 3 heterocycles. The number of nitrogen functional groups attached to an aromatic ring is 1. The molecule has 1 saturated heterocycles. The second-order valence-corrected chi connectivity index (χ2v) is 7.01. The van der Waals surface area contributed by atoms with E-state index in [0.29, 0.717) is 37.5 Å². The van der Waals surface area contributed by atoms with E-state index in [0.717, 1.165) is 10.9 Å². The lowest BCUT2D eigenvalue weighted by Crippen LogP contribution is -2.47. The number of fused-ring (bicyclic) bond motifs is 1. The lowest BCUT2D eigenvalue weighted by molar-refractivity contribution is -0.0966. The lowest BCUT2D eigenvalue weighted by atomic mass is 10.3. The first-order valence-electron chi connectivity index (χ1n) is 8.72. The van der Waals surface area contributed by atoms with Gasteiger partial charge in [-0.1, -0.05) is 0 Å². The largest absolute Gasteiger partial charge is 0.494 e. The summed E-state index contributed by atoms with van der Waals surface area (Å²) in [7, 11) is 1.37. The third-order valence-electron chi connectivity index (χ3n) is 4.35. The van der Waals surface area contributed by atoms with Crippen LogP contribution in [0, 0.1) is 5.82 Å². The van der Waals surface area contributed by atoms with E-state index in [9.17, 15) is 9.18 Å². The van der Waals surface area contributed by atoms with Crippen molar-refractivity contribution in [1.29, 1.82) is 0 Å². The summed E-state index contributed by atoms with van der Waals surface area (Å²) in [5.74, 6) is 0.393. The average Bonchev–Trinajstić information content (AvgIpc) is 3.16. The minimum absolute atomic E-state index is 0.0969. The maximum atomic E-state index is 13.7. The monoisotopic (exact) mass is 419 g/mol. The summed E-state index contributed by atoms with van der Waals surface area (Å²) in [6.07, 6.45) is -0.698. The number of aromatic nitrogens is 3. The molecule has 3 aromatic rings. The van der Waals surface area contributed by atoms with Gasteiger partial charge in [0.15, 0.2) is 22.2 Å². The van der Waals surface area contributed by atoms with Gasteiger partial charge < -0.3 is 20.2 Å². The Bertz CT molecular complexity index is 1040. The van der Waals surface area contributed by atoms with Crippen molar-refractivity contribution in [3.8, 4) is 5.75 Å². The molecule has 1 aromatic carbocycles. The van der Waals surface area contributed by atoms with Gasteiger partial charge in [-0.3, -0.25) is 5.32 Å². The molecule has 1 aliphatic heterocycles. The predicted molar refractivity (Wildman–Crippen MR) is 106 cm³/mol. The molecule has 2 aromatic heterocycles. The number of thiazole rings is 1. The standard InChI is InChI=1S/C17H18FN7O3S/c1-27-12-3-2-10(8-11(12)18)21-17(26)28-25-6-4-24(5-7-25)14-13-15(29-9-20-13)23-16(19)22-14/h2-3,8-9H,4-7H2,1H3,(H,21,26)(H2,19,22,23). The molecule has 12 heteroatoms. The SMILES string of the molecule is COc1ccc(NC(=O)ON2CCN(c3nc(N)nc4scnc34)CC2)cc1F. The van der Waals surface area contributed by atoms with Crippen LogP contribution in [0.25, 0.3) is 10.3 Å². The van der Waals surface area contributed by atoms with Crippen LogP contribution in [0.5, 0.6) is 5.75 Å². The Morgan fingerprint density at radius 2 is 2.07 bits per heavy atom. The van der Waals surface area contributed by atoms with Crippen LogP contribution in [-0.4, -0.2) is 59.4 Å². The number of nitrogens with zero attached hydrogens (tertiary/aromatic N) is 5. The Kier molecular flexibility index (Phi) is 5.27. The molecule has 0 unspecified atom stereocenters. The van der Waals surface area contributed by atoms with Gasteiger partial charge in [0.05, 0.1) is 25.7 Å². The van der Waals surface area contributed by atoms with Crippen molar-refractivity contribution in [3.63, 3.8) is 0 Å². The van der Waals surface area contributed by atoms with Gasteiger partial charge in [0, 0.05) is 24.8 Å². The van der Waals surface area contributed by atoms with Crippen LogP contribution in [-0.2, 0) is 4.84 Å². The fourth-order valence-electron chi connectivity index (χ4n) is 2.98. The number of carbonyl (C=O) groups is 1. The highest BCUT2D eigenvalue weighted by Crippen LogP contribution is 2.27. The Labute approximate surface area is 169 Å². The van der Waals surface area contributed by atoms with Gasteiger partial charge in [-0.25, -0.2) is 19.2 Å². The van der Waals surface area contributed by atoms with Crippen molar-refractivity contribution in [1.82, 2.24) is 20.0 Å². The van der Waals surface area contributed by atoms with Crippen LogP contribution < -0.4 is 20.7 Å². The number of piperazine rings is 1. The Morgan fingerprint density at radius 1 is 1.28 bits per heavy atom. The highest BCUT2D eigenvalue weighted by atomic mass is 32.1. The van der Waals surface area contributed by atoms with Crippen molar-refractivity contribution >= 4 is 45.2 Å². The van der Waals surface area contributed by atoms with Gasteiger partial charge in [0.25, 0.3) is 0 Å². The molecule has 3 N–H and O–H groups in total. The molecule has 152 valence electrons. The molecule has 10 nitrogen and oxygen atoms in total. The average molecular weight is 419 g/mol. The molecular formula is C17H18FN7O3S. The third kappa shape index (κ3) is 4.12. The maximum Gasteiger partial charge on any atom is 0.430 e. The van der Waals surface area contributed by atoms with Crippen molar-refractivity contribution in [2.24, 2.45) is 0 Å².